The Labute approximate surface area is 84.0 Å². The molecule has 2 N–H and O–H groups in total. The number of carboxylic acid groups (broad SMARTS) is 1. The van der Waals surface area contributed by atoms with Crippen LogP contribution >= 0.6 is 11.3 Å². The van der Waals surface area contributed by atoms with E-state index < -0.39 is 5.97 Å². The van der Waals surface area contributed by atoms with E-state index in [9.17, 15) is 9.59 Å². The summed E-state index contributed by atoms with van der Waals surface area (Å²) in [6, 6.07) is 0. The number of nitrogens with zero attached hydrogens (tertiary/aromatic N) is 2. The van der Waals surface area contributed by atoms with Crippen LogP contribution in [0.2, 0.25) is 0 Å². The largest absolute Gasteiger partial charge is 0.481 e. The van der Waals surface area contributed by atoms with Gasteiger partial charge in [-0.25, -0.2) is 0 Å². The minimum atomic E-state index is -0.874. The highest BCUT2D eigenvalue weighted by molar-refractivity contribution is 7.15. The van der Waals surface area contributed by atoms with E-state index in [1.807, 2.05) is 0 Å². The molecule has 0 aliphatic rings. The molecule has 1 aromatic rings. The molecule has 76 valence electrons. The van der Waals surface area contributed by atoms with Crippen LogP contribution in [-0.4, -0.2) is 27.2 Å². The number of hydrogen-bond donors (Lipinski definition) is 2. The van der Waals surface area contributed by atoms with Crippen LogP contribution in [0.1, 0.15) is 18.4 Å². The monoisotopic (exact) mass is 215 g/mol. The van der Waals surface area contributed by atoms with E-state index in [1.165, 1.54) is 18.3 Å². The maximum absolute atomic E-state index is 10.6. The number of aliphatic carboxylic acids is 1. The third kappa shape index (κ3) is 3.48. The molecule has 0 atom stereocenters. The number of carbonyl (C=O) groups is 2. The lowest BCUT2D eigenvalue weighted by Gasteiger charge is -1.91. The normalized spacial score (nSPS) is 9.79. The second kappa shape index (κ2) is 4.66. The zero-order valence-corrected chi connectivity index (χ0v) is 8.30. The number of carbonyl (C=O) groups excluding carboxylic acids is 1. The molecule has 1 aromatic heterocycles. The number of amides is 1. The summed E-state index contributed by atoms with van der Waals surface area (Å²) >= 11 is 1.19. The number of anilines is 1. The lowest BCUT2D eigenvalue weighted by molar-refractivity contribution is -0.137. The Morgan fingerprint density at radius 2 is 2.21 bits per heavy atom. The van der Waals surface area contributed by atoms with Gasteiger partial charge >= 0.3 is 5.97 Å². The van der Waals surface area contributed by atoms with Gasteiger partial charge in [0.1, 0.15) is 5.01 Å². The third-order valence-electron chi connectivity index (χ3n) is 1.30. The van der Waals surface area contributed by atoms with Gasteiger partial charge in [-0.3, -0.25) is 9.59 Å². The molecule has 0 aliphatic heterocycles. The van der Waals surface area contributed by atoms with Crippen LogP contribution in [0.4, 0.5) is 5.13 Å². The summed E-state index contributed by atoms with van der Waals surface area (Å²) in [5.74, 6) is -1.09. The number of carboxylic acids is 1. The topological polar surface area (TPSA) is 92.2 Å². The predicted octanol–water partition coefficient (Wildman–Crippen LogP) is 0.514. The average molecular weight is 215 g/mol. The number of aromatic nitrogens is 2. The van der Waals surface area contributed by atoms with Gasteiger partial charge in [-0.2, -0.15) is 0 Å². The van der Waals surface area contributed by atoms with Crippen LogP contribution < -0.4 is 5.32 Å². The molecule has 1 heterocycles. The highest BCUT2D eigenvalue weighted by Crippen LogP contribution is 2.16. The van der Waals surface area contributed by atoms with E-state index >= 15 is 0 Å². The van der Waals surface area contributed by atoms with Crippen molar-refractivity contribution in [1.29, 1.82) is 0 Å². The van der Waals surface area contributed by atoms with Crippen LogP contribution in [0, 0.1) is 0 Å². The van der Waals surface area contributed by atoms with Crippen LogP contribution in [0.25, 0.3) is 0 Å². The smallest absolute Gasteiger partial charge is 0.303 e. The first-order chi connectivity index (χ1) is 6.58. The Balaban J connectivity index is 2.50. The first-order valence-electron chi connectivity index (χ1n) is 3.89. The molecule has 0 aromatic carbocycles. The summed E-state index contributed by atoms with van der Waals surface area (Å²) in [5, 5.41) is 19.3. The van der Waals surface area contributed by atoms with E-state index in [2.05, 4.69) is 15.5 Å². The van der Waals surface area contributed by atoms with E-state index in [0.717, 1.165) is 0 Å². The Hall–Kier alpha value is -1.50. The van der Waals surface area contributed by atoms with Crippen molar-refractivity contribution in [2.45, 2.75) is 19.8 Å². The first-order valence-corrected chi connectivity index (χ1v) is 4.71. The second-order valence-corrected chi connectivity index (χ2v) is 3.64. The molecule has 0 bridgehead atoms. The lowest BCUT2D eigenvalue weighted by Crippen LogP contribution is -2.04. The molecule has 0 radical (unpaired) electrons. The van der Waals surface area contributed by atoms with E-state index in [0.29, 0.717) is 16.6 Å². The molecule has 0 unspecified atom stereocenters. The maximum atomic E-state index is 10.6. The number of hydrogen-bond acceptors (Lipinski definition) is 5. The third-order valence-corrected chi connectivity index (χ3v) is 2.20. The predicted molar refractivity (Wildman–Crippen MR) is 50.2 cm³/mol. The highest BCUT2D eigenvalue weighted by atomic mass is 32.1. The SMILES string of the molecule is CC(=O)Nc1nnc(CCC(=O)O)s1. The van der Waals surface area contributed by atoms with Gasteiger partial charge in [-0.15, -0.1) is 10.2 Å². The quantitative estimate of drug-likeness (QED) is 0.763. The summed E-state index contributed by atoms with van der Waals surface area (Å²) < 4.78 is 0. The van der Waals surface area contributed by atoms with Gasteiger partial charge in [0.2, 0.25) is 11.0 Å². The summed E-state index contributed by atoms with van der Waals surface area (Å²) in [6.07, 6.45) is 0.362. The maximum Gasteiger partial charge on any atom is 0.303 e. The minimum Gasteiger partial charge on any atom is -0.481 e. The summed E-state index contributed by atoms with van der Waals surface area (Å²) in [7, 11) is 0. The second-order valence-electron chi connectivity index (χ2n) is 2.58. The van der Waals surface area contributed by atoms with Crippen molar-refractivity contribution >= 4 is 28.3 Å². The number of rotatable bonds is 4. The standard InChI is InChI=1S/C7H9N3O3S/c1-4(11)8-7-10-9-5(14-7)2-3-6(12)13/h2-3H2,1H3,(H,12,13)(H,8,10,11). The molecular formula is C7H9N3O3S. The Bertz CT molecular complexity index is 350. The lowest BCUT2D eigenvalue weighted by atomic mass is 10.3. The van der Waals surface area contributed by atoms with Gasteiger partial charge in [0.05, 0.1) is 6.42 Å². The zero-order valence-electron chi connectivity index (χ0n) is 7.48. The van der Waals surface area contributed by atoms with Crippen LogP contribution in [0.15, 0.2) is 0 Å². The van der Waals surface area contributed by atoms with Gasteiger partial charge in [-0.05, 0) is 0 Å². The molecule has 0 spiro atoms. The van der Waals surface area contributed by atoms with Crippen molar-refractivity contribution in [2.24, 2.45) is 0 Å². The minimum absolute atomic E-state index is 0.0225. The molecule has 1 amide bonds. The Morgan fingerprint density at radius 1 is 1.50 bits per heavy atom. The highest BCUT2D eigenvalue weighted by Gasteiger charge is 2.06. The Kier molecular flexibility index (Phi) is 3.52. The molecule has 0 fully saturated rings. The number of aryl methyl sites for hydroxylation is 1. The fraction of sp³-hybridized carbons (Fsp3) is 0.429. The average Bonchev–Trinajstić information content (AvgIpc) is 2.47. The zero-order chi connectivity index (χ0) is 10.6. The van der Waals surface area contributed by atoms with Crippen molar-refractivity contribution < 1.29 is 14.7 Å². The first kappa shape index (κ1) is 10.6. The molecule has 7 heteroatoms. The van der Waals surface area contributed by atoms with Gasteiger partial charge in [0.25, 0.3) is 0 Å². The molecular weight excluding hydrogens is 206 g/mol. The molecule has 0 saturated heterocycles. The van der Waals surface area contributed by atoms with Gasteiger partial charge < -0.3 is 10.4 Å². The molecule has 1 rings (SSSR count). The van der Waals surface area contributed by atoms with Crippen molar-refractivity contribution in [3.8, 4) is 0 Å². The van der Waals surface area contributed by atoms with E-state index in [4.69, 9.17) is 5.11 Å². The molecule has 0 saturated carbocycles. The van der Waals surface area contributed by atoms with E-state index in [1.54, 1.807) is 0 Å². The fourth-order valence-corrected chi connectivity index (χ4v) is 1.55. The van der Waals surface area contributed by atoms with Gasteiger partial charge in [0.15, 0.2) is 0 Å². The summed E-state index contributed by atoms with van der Waals surface area (Å²) in [5.41, 5.74) is 0. The van der Waals surface area contributed by atoms with Gasteiger partial charge in [0, 0.05) is 13.3 Å². The number of nitrogens with one attached hydrogen (secondary N) is 1. The van der Waals surface area contributed by atoms with Crippen molar-refractivity contribution in [3.05, 3.63) is 5.01 Å². The molecule has 14 heavy (non-hydrogen) atoms. The summed E-state index contributed by atoms with van der Waals surface area (Å²) in [4.78, 5) is 20.9. The van der Waals surface area contributed by atoms with Crippen molar-refractivity contribution in [2.75, 3.05) is 5.32 Å². The van der Waals surface area contributed by atoms with Crippen LogP contribution in [-0.2, 0) is 16.0 Å². The van der Waals surface area contributed by atoms with E-state index in [-0.39, 0.29) is 12.3 Å². The molecule has 0 aliphatic carbocycles. The van der Waals surface area contributed by atoms with Gasteiger partial charge in [-0.1, -0.05) is 11.3 Å². The van der Waals surface area contributed by atoms with Crippen molar-refractivity contribution in [3.63, 3.8) is 0 Å². The summed E-state index contributed by atoms with van der Waals surface area (Å²) in [6.45, 7) is 1.37. The van der Waals surface area contributed by atoms with Crippen molar-refractivity contribution in [1.82, 2.24) is 10.2 Å². The Morgan fingerprint density at radius 3 is 2.79 bits per heavy atom. The fourth-order valence-electron chi connectivity index (χ4n) is 0.770. The van der Waals surface area contributed by atoms with Crippen LogP contribution in [0.5, 0.6) is 0 Å². The molecule has 6 nitrogen and oxygen atoms in total. The van der Waals surface area contributed by atoms with Crippen LogP contribution in [0.3, 0.4) is 0 Å².